The van der Waals surface area contributed by atoms with Crippen molar-refractivity contribution >= 4 is 54.7 Å². The average Bonchev–Trinajstić information content (AvgIpc) is 3.66. The maximum atomic E-state index is 17.2. The first kappa shape index (κ1) is 31.6. The summed E-state index contributed by atoms with van der Waals surface area (Å²) in [6.45, 7) is 1.74. The fourth-order valence-electron chi connectivity index (χ4n) is 8.35. The molecule has 6 heterocycles. The van der Waals surface area contributed by atoms with E-state index in [0.717, 1.165) is 49.8 Å². The fourth-order valence-corrected chi connectivity index (χ4v) is 9.63. The molecule has 2 aromatic heterocycles. The number of piperidine rings is 1. The first-order valence-corrected chi connectivity index (χ1v) is 17.1. The van der Waals surface area contributed by atoms with Crippen LogP contribution in [0, 0.1) is 28.9 Å². The van der Waals surface area contributed by atoms with E-state index in [1.165, 1.54) is 6.07 Å². The molecule has 4 aliphatic rings. The lowest BCUT2D eigenvalue weighted by atomic mass is 9.92. The molecule has 0 spiro atoms. The van der Waals surface area contributed by atoms with Crippen LogP contribution in [0.25, 0.3) is 32.1 Å². The van der Waals surface area contributed by atoms with E-state index in [2.05, 4.69) is 16.8 Å². The van der Waals surface area contributed by atoms with Gasteiger partial charge in [0.25, 0.3) is 0 Å². The largest absolute Gasteiger partial charge is 0.489 e. The van der Waals surface area contributed by atoms with E-state index in [1.807, 2.05) is 6.07 Å². The number of aromatic nitrogens is 2. The van der Waals surface area contributed by atoms with Crippen LogP contribution in [-0.2, 0) is 4.74 Å². The van der Waals surface area contributed by atoms with Crippen molar-refractivity contribution in [2.75, 3.05) is 43.5 Å². The van der Waals surface area contributed by atoms with E-state index in [4.69, 9.17) is 36.5 Å². The number of halogens is 5. The zero-order valence-corrected chi connectivity index (χ0v) is 27.4. The lowest BCUT2D eigenvalue weighted by Crippen LogP contribution is -2.52. The van der Waals surface area contributed by atoms with Crippen LogP contribution in [-0.4, -0.2) is 72.0 Å². The van der Waals surface area contributed by atoms with Crippen molar-refractivity contribution in [2.45, 2.75) is 63.3 Å². The summed E-state index contributed by atoms with van der Waals surface area (Å²) in [6, 6.07) is 3.74. The Kier molecular flexibility index (Phi) is 7.74. The second-order valence-corrected chi connectivity index (χ2v) is 14.6. The van der Waals surface area contributed by atoms with Gasteiger partial charge < -0.3 is 24.8 Å². The predicted molar refractivity (Wildman–Crippen MR) is 174 cm³/mol. The highest BCUT2D eigenvalue weighted by Gasteiger charge is 2.48. The number of nitriles is 1. The molecule has 4 aliphatic heterocycles. The molecule has 15 heteroatoms. The van der Waals surface area contributed by atoms with Gasteiger partial charge in [-0.2, -0.15) is 24.0 Å². The van der Waals surface area contributed by atoms with Crippen LogP contribution in [0.15, 0.2) is 12.1 Å². The van der Waals surface area contributed by atoms with Gasteiger partial charge in [-0.05, 0) is 56.2 Å². The van der Waals surface area contributed by atoms with Crippen molar-refractivity contribution in [1.29, 1.82) is 5.26 Å². The number of alkyl halides is 2. The van der Waals surface area contributed by atoms with Crippen LogP contribution >= 0.6 is 22.9 Å². The molecule has 0 bridgehead atoms. The van der Waals surface area contributed by atoms with Gasteiger partial charge in [-0.1, -0.05) is 24.6 Å². The molecule has 3 fully saturated rings. The molecule has 3 saturated heterocycles. The maximum Gasteiger partial charge on any atom is 0.345 e. The van der Waals surface area contributed by atoms with Crippen LogP contribution in [0.3, 0.4) is 0 Å². The van der Waals surface area contributed by atoms with Gasteiger partial charge in [0.05, 0.1) is 38.4 Å². The molecular formula is C33H31ClF4N6O3S. The van der Waals surface area contributed by atoms with Gasteiger partial charge in [-0.15, -0.1) is 11.3 Å². The average molecular weight is 703 g/mol. The number of nitrogens with zero attached hydrogens (tertiary/aromatic N) is 5. The summed E-state index contributed by atoms with van der Waals surface area (Å²) >= 11 is 7.88. The monoisotopic (exact) mass is 702 g/mol. The minimum Gasteiger partial charge on any atom is -0.489 e. The number of ether oxygens (including phenoxy) is 3. The SMILES string of the molecule is C[C@H]1CN2CCCC2(COc2nc3c4c(c(Cl)c(-c5ccc(F)c6sc(N)c(C#N)c56)c(F)c4n2)OCC2C(OC(F)F)CCCN32)C1. The Bertz CT molecular complexity index is 2010. The van der Waals surface area contributed by atoms with Crippen molar-refractivity contribution in [3.8, 4) is 29.0 Å². The van der Waals surface area contributed by atoms with Gasteiger partial charge in [0.1, 0.15) is 41.4 Å². The number of hydrogen-bond acceptors (Lipinski definition) is 10. The fraction of sp³-hybridized carbons (Fsp3) is 0.485. The van der Waals surface area contributed by atoms with Crippen molar-refractivity contribution in [2.24, 2.45) is 5.92 Å². The molecule has 2 aromatic carbocycles. The summed E-state index contributed by atoms with van der Waals surface area (Å²) in [5.41, 5.74) is 5.69. The molecule has 9 nitrogen and oxygen atoms in total. The standard InChI is InChI=1S/C33H31ClF4N6O3S/c1-15-10-33(7-3-8-43(33)12-15)14-46-32-41-26-23-27(45-13-19-20(47-31(37)38)4-2-9-44(19)30(23)42-32)24(34)22(25(26)36)16-5-6-18(35)28-21(16)17(11-39)29(40)48-28/h5-6,15,19-20,31H,2-4,7-10,12-14,40H2,1H3/t15-,19?,20?,33?/m1/s1. The zero-order chi connectivity index (χ0) is 33.5. The normalized spacial score (nSPS) is 25.3. The first-order valence-electron chi connectivity index (χ1n) is 15.9. The smallest absolute Gasteiger partial charge is 0.345 e. The molecule has 252 valence electrons. The number of nitrogens with two attached hydrogens (primary N) is 1. The van der Waals surface area contributed by atoms with E-state index in [0.29, 0.717) is 31.9 Å². The molecule has 8 rings (SSSR count). The molecule has 48 heavy (non-hydrogen) atoms. The van der Waals surface area contributed by atoms with Crippen LogP contribution in [0.1, 0.15) is 44.6 Å². The topological polar surface area (TPSA) is 110 Å². The molecule has 0 aliphatic carbocycles. The summed E-state index contributed by atoms with van der Waals surface area (Å²) in [7, 11) is 0. The van der Waals surface area contributed by atoms with E-state index in [1.54, 1.807) is 4.90 Å². The molecule has 4 atom stereocenters. The van der Waals surface area contributed by atoms with E-state index < -0.39 is 30.4 Å². The summed E-state index contributed by atoms with van der Waals surface area (Å²) in [5, 5.41) is 10.1. The Morgan fingerprint density at radius 3 is 2.85 bits per heavy atom. The third-order valence-electron chi connectivity index (χ3n) is 10.3. The van der Waals surface area contributed by atoms with Crippen molar-refractivity contribution < 1.29 is 31.8 Å². The van der Waals surface area contributed by atoms with E-state index in [9.17, 15) is 18.4 Å². The molecule has 3 unspecified atom stereocenters. The molecule has 0 amide bonds. The minimum atomic E-state index is -3.01. The third-order valence-corrected chi connectivity index (χ3v) is 11.7. The number of fused-ring (bicyclic) bond motifs is 4. The molecule has 0 radical (unpaired) electrons. The van der Waals surface area contributed by atoms with Gasteiger partial charge in [-0.25, -0.2) is 8.78 Å². The summed E-state index contributed by atoms with van der Waals surface area (Å²) < 4.78 is 76.9. The van der Waals surface area contributed by atoms with Gasteiger partial charge in [-0.3, -0.25) is 4.90 Å². The minimum absolute atomic E-state index is 0.00506. The Hall–Kier alpha value is -3.64. The summed E-state index contributed by atoms with van der Waals surface area (Å²) in [5.74, 6) is -0.703. The Balaban J connectivity index is 1.34. The van der Waals surface area contributed by atoms with Gasteiger partial charge in [0, 0.05) is 24.0 Å². The highest BCUT2D eigenvalue weighted by Crippen LogP contribution is 2.52. The number of benzene rings is 2. The lowest BCUT2D eigenvalue weighted by molar-refractivity contribution is -0.174. The molecular weight excluding hydrogens is 672 g/mol. The predicted octanol–water partition coefficient (Wildman–Crippen LogP) is 7.12. The number of rotatable bonds is 6. The van der Waals surface area contributed by atoms with Crippen molar-refractivity contribution in [3.63, 3.8) is 0 Å². The Morgan fingerprint density at radius 1 is 1.23 bits per heavy atom. The zero-order valence-electron chi connectivity index (χ0n) is 25.9. The van der Waals surface area contributed by atoms with Gasteiger partial charge in [0.2, 0.25) is 0 Å². The number of anilines is 2. The van der Waals surface area contributed by atoms with E-state index >= 15 is 4.39 Å². The van der Waals surface area contributed by atoms with Gasteiger partial charge in [0.15, 0.2) is 11.6 Å². The summed E-state index contributed by atoms with van der Waals surface area (Å²) in [4.78, 5) is 13.6. The second-order valence-electron chi connectivity index (χ2n) is 13.2. The summed E-state index contributed by atoms with van der Waals surface area (Å²) in [6.07, 6.45) is 2.92. The Labute approximate surface area is 282 Å². The quantitative estimate of drug-likeness (QED) is 0.210. The molecule has 4 aromatic rings. The number of nitrogen functional groups attached to an aromatic ring is 1. The molecule has 0 saturated carbocycles. The van der Waals surface area contributed by atoms with Gasteiger partial charge >= 0.3 is 12.6 Å². The highest BCUT2D eigenvalue weighted by molar-refractivity contribution is 7.23. The third kappa shape index (κ3) is 4.84. The van der Waals surface area contributed by atoms with Crippen LogP contribution in [0.2, 0.25) is 5.02 Å². The van der Waals surface area contributed by atoms with Crippen molar-refractivity contribution in [3.05, 3.63) is 34.4 Å². The number of thiophene rings is 1. The van der Waals surface area contributed by atoms with Crippen molar-refractivity contribution in [1.82, 2.24) is 14.9 Å². The first-order chi connectivity index (χ1) is 23.1. The second kappa shape index (κ2) is 11.8. The molecule has 2 N–H and O–H groups in total. The van der Waals surface area contributed by atoms with E-state index in [-0.39, 0.29) is 77.4 Å². The maximum absolute atomic E-state index is 17.2. The Morgan fingerprint density at radius 2 is 2.06 bits per heavy atom. The van der Waals surface area contributed by atoms with Crippen LogP contribution < -0.4 is 20.1 Å². The van der Waals surface area contributed by atoms with Crippen LogP contribution in [0.5, 0.6) is 11.8 Å². The lowest BCUT2D eigenvalue weighted by Gasteiger charge is -2.40. The van der Waals surface area contributed by atoms with Crippen LogP contribution in [0.4, 0.5) is 28.4 Å². The number of hydrogen-bond donors (Lipinski definition) is 1. The highest BCUT2D eigenvalue weighted by atomic mass is 35.5.